The lowest BCUT2D eigenvalue weighted by molar-refractivity contribution is 0.577. The van der Waals surface area contributed by atoms with Gasteiger partial charge in [-0.25, -0.2) is 13.8 Å². The average molecular weight is 378 g/mol. The fraction of sp³-hybridized carbons (Fsp3) is 0. The molecule has 3 rings (SSSR count). The topological polar surface area (TPSA) is 12.9 Å². The lowest BCUT2D eigenvalue weighted by Crippen LogP contribution is -1.97. The van der Waals surface area contributed by atoms with Crippen LogP contribution in [-0.4, -0.2) is 4.98 Å². The van der Waals surface area contributed by atoms with E-state index in [9.17, 15) is 8.78 Å². The Labute approximate surface area is 139 Å². The summed E-state index contributed by atoms with van der Waals surface area (Å²) in [6.45, 7) is 0. The highest BCUT2D eigenvalue weighted by molar-refractivity contribution is 9.10. The van der Waals surface area contributed by atoms with Crippen LogP contribution in [0.15, 0.2) is 57.8 Å². The first-order chi connectivity index (χ1) is 10.6. The molecular weight excluding hydrogens is 368 g/mol. The van der Waals surface area contributed by atoms with E-state index in [1.165, 1.54) is 29.5 Å². The summed E-state index contributed by atoms with van der Waals surface area (Å²) in [6, 6.07) is 11.2. The van der Waals surface area contributed by atoms with Crippen molar-refractivity contribution < 1.29 is 8.78 Å². The predicted octanol–water partition coefficient (Wildman–Crippen LogP) is 5.77. The van der Waals surface area contributed by atoms with Crippen LogP contribution in [0.3, 0.4) is 0 Å². The highest BCUT2D eigenvalue weighted by atomic mass is 79.9. The lowest BCUT2D eigenvalue weighted by atomic mass is 9.96. The van der Waals surface area contributed by atoms with Gasteiger partial charge in [0.15, 0.2) is 0 Å². The summed E-state index contributed by atoms with van der Waals surface area (Å²) in [5.74, 6) is -1.19. The van der Waals surface area contributed by atoms with Crippen molar-refractivity contribution in [1.82, 2.24) is 4.98 Å². The first-order valence-electron chi connectivity index (χ1n) is 6.45. The number of nitrogens with zero attached hydrogens (tertiary/aromatic N) is 1. The van der Waals surface area contributed by atoms with E-state index in [1.807, 2.05) is 29.6 Å². The zero-order valence-corrected chi connectivity index (χ0v) is 13.7. The van der Waals surface area contributed by atoms with Gasteiger partial charge >= 0.3 is 0 Å². The fourth-order valence-corrected chi connectivity index (χ4v) is 3.06. The Balaban J connectivity index is 2.24. The van der Waals surface area contributed by atoms with Gasteiger partial charge in [0.25, 0.3) is 0 Å². The third-order valence-corrected chi connectivity index (χ3v) is 4.21. The minimum Gasteiger partial charge on any atom is -0.245 e. The second-order valence-electron chi connectivity index (χ2n) is 4.58. The van der Waals surface area contributed by atoms with E-state index >= 15 is 0 Å². The third kappa shape index (κ3) is 3.15. The molecule has 0 saturated carbocycles. The molecule has 0 atom stereocenters. The molecule has 0 bridgehead atoms. The second-order valence-corrected chi connectivity index (χ2v) is 6.21. The van der Waals surface area contributed by atoms with Crippen LogP contribution in [0, 0.1) is 11.6 Å². The van der Waals surface area contributed by atoms with Crippen LogP contribution >= 0.6 is 27.3 Å². The lowest BCUT2D eigenvalue weighted by Gasteiger charge is -2.11. The minimum absolute atomic E-state index is 0.0476. The SMILES string of the molecule is Fc1cccc(F)c1/C(=C/c1cscn1)c1cccc(Br)c1. The van der Waals surface area contributed by atoms with Crippen molar-refractivity contribution in [2.75, 3.05) is 0 Å². The largest absolute Gasteiger partial charge is 0.245 e. The van der Waals surface area contributed by atoms with Gasteiger partial charge in [-0.05, 0) is 41.5 Å². The Morgan fingerprint density at radius 3 is 2.45 bits per heavy atom. The Morgan fingerprint density at radius 1 is 1.09 bits per heavy atom. The van der Waals surface area contributed by atoms with Crippen molar-refractivity contribution in [3.63, 3.8) is 0 Å². The van der Waals surface area contributed by atoms with Gasteiger partial charge in [-0.1, -0.05) is 34.1 Å². The number of hydrogen-bond acceptors (Lipinski definition) is 2. The molecule has 0 aliphatic rings. The maximum absolute atomic E-state index is 14.2. The summed E-state index contributed by atoms with van der Waals surface area (Å²) in [7, 11) is 0. The summed E-state index contributed by atoms with van der Waals surface area (Å²) in [6.07, 6.45) is 1.69. The van der Waals surface area contributed by atoms with Crippen molar-refractivity contribution in [2.45, 2.75) is 0 Å². The van der Waals surface area contributed by atoms with Gasteiger partial charge in [0.1, 0.15) is 11.6 Å². The van der Waals surface area contributed by atoms with Crippen LogP contribution in [-0.2, 0) is 0 Å². The molecule has 1 aromatic heterocycles. The zero-order valence-electron chi connectivity index (χ0n) is 11.3. The molecule has 1 heterocycles. The maximum atomic E-state index is 14.2. The van der Waals surface area contributed by atoms with E-state index in [0.29, 0.717) is 16.8 Å². The highest BCUT2D eigenvalue weighted by Gasteiger charge is 2.16. The van der Waals surface area contributed by atoms with Crippen molar-refractivity contribution in [2.24, 2.45) is 0 Å². The first kappa shape index (κ1) is 15.1. The molecule has 0 spiro atoms. The number of hydrogen-bond donors (Lipinski definition) is 0. The van der Waals surface area contributed by atoms with Crippen LogP contribution in [0.4, 0.5) is 8.78 Å². The molecule has 110 valence electrons. The molecule has 0 aliphatic heterocycles. The Morgan fingerprint density at radius 2 is 1.82 bits per heavy atom. The molecule has 2 aromatic carbocycles. The Hall–Kier alpha value is -1.85. The first-order valence-corrected chi connectivity index (χ1v) is 8.19. The average Bonchev–Trinajstić information content (AvgIpc) is 2.99. The van der Waals surface area contributed by atoms with Gasteiger partial charge in [0.2, 0.25) is 0 Å². The smallest absolute Gasteiger partial charge is 0.133 e. The molecule has 5 heteroatoms. The molecule has 0 unspecified atom stereocenters. The van der Waals surface area contributed by atoms with Crippen molar-refractivity contribution in [3.8, 4) is 0 Å². The summed E-state index contributed by atoms with van der Waals surface area (Å²) in [5, 5.41) is 1.83. The van der Waals surface area contributed by atoms with Crippen molar-refractivity contribution >= 4 is 38.9 Å². The van der Waals surface area contributed by atoms with E-state index in [0.717, 1.165) is 4.47 Å². The molecule has 3 aromatic rings. The van der Waals surface area contributed by atoms with Crippen LogP contribution in [0.1, 0.15) is 16.8 Å². The zero-order chi connectivity index (χ0) is 15.5. The van der Waals surface area contributed by atoms with Crippen LogP contribution in [0.5, 0.6) is 0 Å². The van der Waals surface area contributed by atoms with E-state index in [-0.39, 0.29) is 5.56 Å². The summed E-state index contributed by atoms with van der Waals surface area (Å²) in [5.41, 5.74) is 3.48. The molecule has 0 aliphatic carbocycles. The third-order valence-electron chi connectivity index (χ3n) is 3.11. The van der Waals surface area contributed by atoms with Gasteiger partial charge in [0.05, 0.1) is 16.8 Å². The quantitative estimate of drug-likeness (QED) is 0.564. The van der Waals surface area contributed by atoms with Gasteiger partial charge in [-0.3, -0.25) is 0 Å². The highest BCUT2D eigenvalue weighted by Crippen LogP contribution is 2.31. The van der Waals surface area contributed by atoms with Gasteiger partial charge < -0.3 is 0 Å². The minimum atomic E-state index is -0.596. The van der Waals surface area contributed by atoms with E-state index in [2.05, 4.69) is 20.9 Å². The number of rotatable bonds is 3. The van der Waals surface area contributed by atoms with E-state index < -0.39 is 11.6 Å². The molecule has 0 saturated heterocycles. The van der Waals surface area contributed by atoms with Gasteiger partial charge in [-0.2, -0.15) is 0 Å². The normalized spacial score (nSPS) is 11.7. The fourth-order valence-electron chi connectivity index (χ4n) is 2.15. The standard InChI is InChI=1S/C17H10BrF2NS/c18-12-4-1-3-11(7-12)14(8-13-9-22-10-21-13)17-15(19)5-2-6-16(17)20/h1-10H/b14-8+. The monoisotopic (exact) mass is 377 g/mol. The van der Waals surface area contributed by atoms with Crippen molar-refractivity contribution in [1.29, 1.82) is 0 Å². The van der Waals surface area contributed by atoms with E-state index in [4.69, 9.17) is 0 Å². The summed E-state index contributed by atoms with van der Waals surface area (Å²) in [4.78, 5) is 4.17. The van der Waals surface area contributed by atoms with Crippen LogP contribution in [0.2, 0.25) is 0 Å². The van der Waals surface area contributed by atoms with Crippen LogP contribution < -0.4 is 0 Å². The molecule has 0 radical (unpaired) electrons. The number of benzene rings is 2. The Kier molecular flexibility index (Phi) is 4.45. The number of aromatic nitrogens is 1. The van der Waals surface area contributed by atoms with Gasteiger partial charge in [0, 0.05) is 9.85 Å². The van der Waals surface area contributed by atoms with Gasteiger partial charge in [-0.15, -0.1) is 11.3 Å². The van der Waals surface area contributed by atoms with Crippen molar-refractivity contribution in [3.05, 3.63) is 86.3 Å². The van der Waals surface area contributed by atoms with E-state index in [1.54, 1.807) is 11.6 Å². The second kappa shape index (κ2) is 6.50. The maximum Gasteiger partial charge on any atom is 0.133 e. The molecule has 0 amide bonds. The molecule has 0 fully saturated rings. The Bertz CT molecular complexity index is 808. The predicted molar refractivity (Wildman–Crippen MR) is 89.6 cm³/mol. The molecule has 22 heavy (non-hydrogen) atoms. The summed E-state index contributed by atoms with van der Waals surface area (Å²) < 4.78 is 29.2. The number of halogens is 3. The molecule has 1 nitrogen and oxygen atoms in total. The molecular formula is C17H10BrF2NS. The molecule has 0 N–H and O–H groups in total. The number of thiazole rings is 1. The van der Waals surface area contributed by atoms with Crippen LogP contribution in [0.25, 0.3) is 11.6 Å². The summed E-state index contributed by atoms with van der Waals surface area (Å²) >= 11 is 4.82.